The molecule has 7 nitrogen and oxygen atoms in total. The highest BCUT2D eigenvalue weighted by Crippen LogP contribution is 2.28. The number of anilines is 1. The molecule has 0 unspecified atom stereocenters. The molecule has 0 bridgehead atoms. The SMILES string of the molecule is C/C=C(/C)OC(CN(C)C(=O)c1ccc(NC(=O)c2cc(-c3ccccn3)nc3c(C)cc(C)cc23)cc1)=C(C)C. The van der Waals surface area contributed by atoms with Crippen molar-refractivity contribution >= 4 is 28.4 Å². The van der Waals surface area contributed by atoms with Crippen LogP contribution in [0.25, 0.3) is 22.3 Å². The number of amides is 2. The first-order valence-corrected chi connectivity index (χ1v) is 13.5. The van der Waals surface area contributed by atoms with Crippen molar-refractivity contribution in [3.8, 4) is 11.4 Å². The van der Waals surface area contributed by atoms with E-state index in [1.54, 1.807) is 48.5 Å². The molecule has 1 N–H and O–H groups in total. The second kappa shape index (κ2) is 12.6. The minimum absolute atomic E-state index is 0.144. The zero-order chi connectivity index (χ0) is 29.7. The molecule has 2 aromatic carbocycles. The Labute approximate surface area is 241 Å². The van der Waals surface area contributed by atoms with Crippen LogP contribution < -0.4 is 5.32 Å². The standard InChI is InChI=1S/C34H36N4O3/c1-8-24(6)41-31(21(2)3)20-38(7)34(40)25-12-14-26(15-13-25)36-33(39)28-19-30(29-11-9-10-16-35-29)37-32-23(5)17-22(4)18-27(28)32/h8-19H,20H2,1-7H3,(H,36,39)/b24-8-. The smallest absolute Gasteiger partial charge is 0.256 e. The van der Waals surface area contributed by atoms with E-state index in [0.29, 0.717) is 34.7 Å². The average Bonchev–Trinajstić information content (AvgIpc) is 2.96. The predicted octanol–water partition coefficient (Wildman–Crippen LogP) is 7.47. The molecule has 4 aromatic rings. The van der Waals surface area contributed by atoms with Gasteiger partial charge in [-0.2, -0.15) is 0 Å². The molecule has 0 aliphatic carbocycles. The number of pyridine rings is 2. The highest BCUT2D eigenvalue weighted by Gasteiger charge is 2.18. The van der Waals surface area contributed by atoms with Crippen molar-refractivity contribution in [2.24, 2.45) is 0 Å². The quantitative estimate of drug-likeness (QED) is 0.231. The van der Waals surface area contributed by atoms with Gasteiger partial charge in [0, 0.05) is 29.9 Å². The molecule has 2 amide bonds. The largest absolute Gasteiger partial charge is 0.465 e. The number of hydrogen-bond acceptors (Lipinski definition) is 5. The Morgan fingerprint density at radius 2 is 1.71 bits per heavy atom. The molecule has 210 valence electrons. The molecule has 2 aromatic heterocycles. The van der Waals surface area contributed by atoms with Crippen molar-refractivity contribution in [3.63, 3.8) is 0 Å². The van der Waals surface area contributed by atoms with Gasteiger partial charge in [-0.15, -0.1) is 0 Å². The number of carbonyl (C=O) groups is 2. The van der Waals surface area contributed by atoms with Gasteiger partial charge in [0.2, 0.25) is 0 Å². The van der Waals surface area contributed by atoms with E-state index >= 15 is 0 Å². The molecule has 0 saturated heterocycles. The number of aryl methyl sites for hydroxylation is 2. The van der Waals surface area contributed by atoms with Crippen molar-refractivity contribution < 1.29 is 14.3 Å². The summed E-state index contributed by atoms with van der Waals surface area (Å²) in [5.74, 6) is 1.11. The molecule has 41 heavy (non-hydrogen) atoms. The minimum atomic E-state index is -0.263. The molecule has 7 heteroatoms. The predicted molar refractivity (Wildman–Crippen MR) is 165 cm³/mol. The van der Waals surface area contributed by atoms with Gasteiger partial charge in [-0.05, 0) is 107 Å². The van der Waals surface area contributed by atoms with Crippen LogP contribution in [0.15, 0.2) is 90.0 Å². The third kappa shape index (κ3) is 6.87. The molecule has 0 radical (unpaired) electrons. The first kappa shape index (κ1) is 29.2. The molecule has 0 atom stereocenters. The Morgan fingerprint density at radius 1 is 0.976 bits per heavy atom. The number of allylic oxidation sites excluding steroid dienone is 3. The molecule has 0 saturated carbocycles. The number of fused-ring (bicyclic) bond motifs is 1. The summed E-state index contributed by atoms with van der Waals surface area (Å²) in [5.41, 5.74) is 6.72. The van der Waals surface area contributed by atoms with Gasteiger partial charge in [-0.1, -0.05) is 17.7 Å². The Bertz CT molecular complexity index is 1650. The van der Waals surface area contributed by atoms with Crippen molar-refractivity contribution in [1.29, 1.82) is 0 Å². The van der Waals surface area contributed by atoms with Crippen LogP contribution in [0.5, 0.6) is 0 Å². The lowest BCUT2D eigenvalue weighted by molar-refractivity contribution is 0.0786. The third-order valence-corrected chi connectivity index (χ3v) is 6.79. The van der Waals surface area contributed by atoms with Gasteiger partial charge in [0.25, 0.3) is 11.8 Å². The number of aromatic nitrogens is 2. The number of likely N-dealkylation sites (N-methyl/N-ethyl adjacent to an activating group) is 1. The molecule has 0 aliphatic rings. The van der Waals surface area contributed by atoms with E-state index in [1.165, 1.54) is 0 Å². The highest BCUT2D eigenvalue weighted by atomic mass is 16.5. The topological polar surface area (TPSA) is 84.4 Å². The van der Waals surface area contributed by atoms with Gasteiger partial charge in [0.1, 0.15) is 5.76 Å². The maximum absolute atomic E-state index is 13.6. The van der Waals surface area contributed by atoms with Crippen LogP contribution in [0.4, 0.5) is 5.69 Å². The fourth-order valence-electron chi connectivity index (χ4n) is 4.46. The number of rotatable bonds is 8. The molecule has 0 spiro atoms. The van der Waals surface area contributed by atoms with E-state index in [0.717, 1.165) is 39.1 Å². The van der Waals surface area contributed by atoms with Crippen LogP contribution in [0.3, 0.4) is 0 Å². The average molecular weight is 549 g/mol. The summed E-state index contributed by atoms with van der Waals surface area (Å²) in [6, 6.07) is 18.3. The number of hydrogen-bond donors (Lipinski definition) is 1. The van der Waals surface area contributed by atoms with Crippen molar-refractivity contribution in [1.82, 2.24) is 14.9 Å². The fourth-order valence-corrected chi connectivity index (χ4v) is 4.46. The van der Waals surface area contributed by atoms with E-state index in [2.05, 4.69) is 16.4 Å². The maximum atomic E-state index is 13.6. The zero-order valence-electron chi connectivity index (χ0n) is 24.7. The first-order valence-electron chi connectivity index (χ1n) is 13.5. The van der Waals surface area contributed by atoms with Gasteiger partial charge >= 0.3 is 0 Å². The Kier molecular flexibility index (Phi) is 8.97. The monoisotopic (exact) mass is 548 g/mol. The lowest BCUT2D eigenvalue weighted by Crippen LogP contribution is -2.29. The van der Waals surface area contributed by atoms with Crippen LogP contribution in [0, 0.1) is 13.8 Å². The Morgan fingerprint density at radius 3 is 2.34 bits per heavy atom. The summed E-state index contributed by atoms with van der Waals surface area (Å²) >= 11 is 0. The highest BCUT2D eigenvalue weighted by molar-refractivity contribution is 6.13. The van der Waals surface area contributed by atoms with Crippen LogP contribution >= 0.6 is 0 Å². The van der Waals surface area contributed by atoms with Crippen LogP contribution in [-0.2, 0) is 4.74 Å². The van der Waals surface area contributed by atoms with E-state index in [9.17, 15) is 9.59 Å². The number of nitrogens with zero attached hydrogens (tertiary/aromatic N) is 3. The second-order valence-electron chi connectivity index (χ2n) is 10.4. The Balaban J connectivity index is 1.57. The summed E-state index contributed by atoms with van der Waals surface area (Å²) in [5, 5.41) is 3.77. The van der Waals surface area contributed by atoms with E-state index in [1.807, 2.05) is 71.9 Å². The van der Waals surface area contributed by atoms with Crippen molar-refractivity contribution in [3.05, 3.63) is 112 Å². The zero-order valence-corrected chi connectivity index (χ0v) is 24.7. The Hall–Kier alpha value is -4.78. The van der Waals surface area contributed by atoms with E-state index in [4.69, 9.17) is 9.72 Å². The van der Waals surface area contributed by atoms with Crippen molar-refractivity contribution in [2.75, 3.05) is 18.9 Å². The van der Waals surface area contributed by atoms with Gasteiger partial charge in [0.15, 0.2) is 0 Å². The minimum Gasteiger partial charge on any atom is -0.465 e. The molecule has 0 fully saturated rings. The lowest BCUT2D eigenvalue weighted by atomic mass is 10.00. The third-order valence-electron chi connectivity index (χ3n) is 6.79. The summed E-state index contributed by atoms with van der Waals surface area (Å²) < 4.78 is 5.90. The number of carbonyl (C=O) groups excluding carboxylic acids is 2. The number of ether oxygens (including phenoxy) is 1. The molecular weight excluding hydrogens is 512 g/mol. The maximum Gasteiger partial charge on any atom is 0.256 e. The molecular formula is C34H36N4O3. The number of benzene rings is 2. The van der Waals surface area contributed by atoms with Gasteiger partial charge in [-0.25, -0.2) is 4.98 Å². The fraction of sp³-hybridized carbons (Fsp3) is 0.235. The van der Waals surface area contributed by atoms with Crippen LogP contribution in [0.1, 0.15) is 59.5 Å². The second-order valence-corrected chi connectivity index (χ2v) is 10.4. The van der Waals surface area contributed by atoms with Gasteiger partial charge < -0.3 is 15.0 Å². The molecule has 2 heterocycles. The number of nitrogens with one attached hydrogen (secondary N) is 1. The summed E-state index contributed by atoms with van der Waals surface area (Å²) in [6.07, 6.45) is 3.59. The first-order chi connectivity index (χ1) is 19.6. The van der Waals surface area contributed by atoms with Crippen LogP contribution in [0.2, 0.25) is 0 Å². The summed E-state index contributed by atoms with van der Waals surface area (Å²) in [4.78, 5) is 37.6. The van der Waals surface area contributed by atoms with Crippen molar-refractivity contribution in [2.45, 2.75) is 41.5 Å². The van der Waals surface area contributed by atoms with Gasteiger partial charge in [-0.3, -0.25) is 14.6 Å². The van der Waals surface area contributed by atoms with Gasteiger partial charge in [0.05, 0.1) is 34.8 Å². The molecule has 4 rings (SSSR count). The van der Waals surface area contributed by atoms with E-state index < -0.39 is 0 Å². The van der Waals surface area contributed by atoms with E-state index in [-0.39, 0.29) is 11.8 Å². The normalized spacial score (nSPS) is 11.2. The summed E-state index contributed by atoms with van der Waals surface area (Å²) in [6.45, 7) is 12.1. The van der Waals surface area contributed by atoms with Crippen LogP contribution in [-0.4, -0.2) is 40.3 Å². The summed E-state index contributed by atoms with van der Waals surface area (Å²) in [7, 11) is 1.74. The molecule has 0 aliphatic heterocycles. The lowest BCUT2D eigenvalue weighted by Gasteiger charge is -2.21.